The zero-order valence-electron chi connectivity index (χ0n) is 14.6. The number of carbonyl (C=O) groups excluding carboxylic acids is 2. The molecule has 1 aliphatic heterocycles. The van der Waals surface area contributed by atoms with E-state index < -0.39 is 17.5 Å². The topological polar surface area (TPSA) is 75.2 Å². The van der Waals surface area contributed by atoms with Crippen LogP contribution < -0.4 is 5.32 Å². The van der Waals surface area contributed by atoms with Gasteiger partial charge in [-0.1, -0.05) is 35.3 Å². The molecule has 9 heteroatoms. The number of halogens is 2. The van der Waals surface area contributed by atoms with Gasteiger partial charge in [0.25, 0.3) is 5.91 Å². The monoisotopic (exact) mass is 432 g/mol. The van der Waals surface area contributed by atoms with Crippen molar-refractivity contribution in [3.63, 3.8) is 0 Å². The maximum atomic E-state index is 13.1. The summed E-state index contributed by atoms with van der Waals surface area (Å²) in [6, 6.07) is 9.90. The van der Waals surface area contributed by atoms with E-state index in [0.29, 0.717) is 21.3 Å². The van der Waals surface area contributed by atoms with E-state index in [2.05, 4.69) is 15.3 Å². The fourth-order valence-corrected chi connectivity index (χ4v) is 4.45. The van der Waals surface area contributed by atoms with Crippen LogP contribution in [-0.2, 0) is 16.9 Å². The first-order valence-corrected chi connectivity index (χ1v) is 9.97. The predicted octanol–water partition coefficient (Wildman–Crippen LogP) is 4.48. The van der Waals surface area contributed by atoms with Gasteiger partial charge in [-0.2, -0.15) is 0 Å². The van der Waals surface area contributed by atoms with Gasteiger partial charge in [0.15, 0.2) is 0 Å². The summed E-state index contributed by atoms with van der Waals surface area (Å²) in [5.41, 5.74) is 0.583. The maximum Gasteiger partial charge on any atom is 0.325 e. The van der Waals surface area contributed by atoms with Gasteiger partial charge in [0.2, 0.25) is 0 Å². The van der Waals surface area contributed by atoms with Crippen LogP contribution in [0.2, 0.25) is 10.0 Å². The molecule has 6 nitrogen and oxygen atoms in total. The summed E-state index contributed by atoms with van der Waals surface area (Å²) in [4.78, 5) is 35.5. The molecular weight excluding hydrogens is 419 g/mol. The second kappa shape index (κ2) is 7.16. The number of urea groups is 1. The molecule has 3 heterocycles. The first-order valence-electron chi connectivity index (χ1n) is 8.34. The van der Waals surface area contributed by atoms with E-state index in [0.717, 1.165) is 15.6 Å². The summed E-state index contributed by atoms with van der Waals surface area (Å²) in [7, 11) is 0. The molecule has 1 atom stereocenters. The molecule has 2 aromatic heterocycles. The lowest BCUT2D eigenvalue weighted by molar-refractivity contribution is -0.131. The van der Waals surface area contributed by atoms with Crippen molar-refractivity contribution in [3.05, 3.63) is 69.3 Å². The molecule has 1 unspecified atom stereocenters. The maximum absolute atomic E-state index is 13.1. The predicted molar refractivity (Wildman–Crippen MR) is 108 cm³/mol. The van der Waals surface area contributed by atoms with Crippen LogP contribution in [0.3, 0.4) is 0 Å². The van der Waals surface area contributed by atoms with E-state index in [-0.39, 0.29) is 6.54 Å². The summed E-state index contributed by atoms with van der Waals surface area (Å²) < 4.78 is 0. The smallest absolute Gasteiger partial charge is 0.319 e. The van der Waals surface area contributed by atoms with E-state index in [1.165, 1.54) is 11.3 Å². The van der Waals surface area contributed by atoms with Crippen LogP contribution in [0.4, 0.5) is 4.79 Å². The van der Waals surface area contributed by atoms with Gasteiger partial charge in [0.1, 0.15) is 10.5 Å². The number of aromatic nitrogens is 2. The minimum absolute atomic E-state index is 0.0643. The van der Waals surface area contributed by atoms with Crippen LogP contribution in [0.15, 0.2) is 48.0 Å². The Morgan fingerprint density at radius 3 is 2.75 bits per heavy atom. The highest BCUT2D eigenvalue weighted by molar-refractivity contribution is 7.13. The quantitative estimate of drug-likeness (QED) is 0.616. The molecule has 0 radical (unpaired) electrons. The largest absolute Gasteiger partial charge is 0.325 e. The fraction of sp³-hybridized carbons (Fsp3) is 0.158. The van der Waals surface area contributed by atoms with Crippen LogP contribution in [0, 0.1) is 0 Å². The second-order valence-corrected chi connectivity index (χ2v) is 8.13. The van der Waals surface area contributed by atoms with E-state index in [4.69, 9.17) is 23.2 Å². The van der Waals surface area contributed by atoms with Crippen LogP contribution in [0.25, 0.3) is 10.7 Å². The Labute approximate surface area is 175 Å². The van der Waals surface area contributed by atoms with Crippen molar-refractivity contribution >= 4 is 46.5 Å². The number of amides is 3. The molecule has 4 rings (SSSR count). The Morgan fingerprint density at radius 2 is 2.04 bits per heavy atom. The lowest BCUT2D eigenvalue weighted by Gasteiger charge is -2.23. The Hall–Kier alpha value is -2.48. The summed E-state index contributed by atoms with van der Waals surface area (Å²) in [6.07, 6.45) is 1.69. The van der Waals surface area contributed by atoms with Crippen LogP contribution >= 0.6 is 34.5 Å². The van der Waals surface area contributed by atoms with Gasteiger partial charge in [-0.05, 0) is 31.2 Å². The standard InChI is InChI=1S/C19H14Cl2N4O2S/c1-19(13-6-5-11(20)8-14(13)21)17(26)25(18(27)24-19)9-12-10-28-16(23-12)15-4-2-3-7-22-15/h2-8,10H,9H2,1H3,(H,24,27). The van der Waals surface area contributed by atoms with Gasteiger partial charge in [-0.15, -0.1) is 11.3 Å². The van der Waals surface area contributed by atoms with Crippen molar-refractivity contribution in [1.29, 1.82) is 0 Å². The van der Waals surface area contributed by atoms with E-state index in [9.17, 15) is 9.59 Å². The van der Waals surface area contributed by atoms with Crippen LogP contribution in [0.1, 0.15) is 18.2 Å². The minimum atomic E-state index is -1.27. The van der Waals surface area contributed by atoms with Crippen molar-refractivity contribution in [2.45, 2.75) is 19.0 Å². The van der Waals surface area contributed by atoms with Gasteiger partial charge in [-0.3, -0.25) is 14.7 Å². The highest BCUT2D eigenvalue weighted by atomic mass is 35.5. The molecule has 0 spiro atoms. The molecule has 1 saturated heterocycles. The second-order valence-electron chi connectivity index (χ2n) is 6.43. The summed E-state index contributed by atoms with van der Waals surface area (Å²) in [5, 5.41) is 6.05. The summed E-state index contributed by atoms with van der Waals surface area (Å²) in [6.45, 7) is 1.69. The van der Waals surface area contributed by atoms with E-state index >= 15 is 0 Å². The number of hydrogen-bond acceptors (Lipinski definition) is 5. The number of rotatable bonds is 4. The van der Waals surface area contributed by atoms with Gasteiger partial charge in [0.05, 0.1) is 17.9 Å². The van der Waals surface area contributed by atoms with Crippen LogP contribution in [-0.4, -0.2) is 26.8 Å². The molecule has 0 aliphatic carbocycles. The van der Waals surface area contributed by atoms with Gasteiger partial charge in [-0.25, -0.2) is 9.78 Å². The Balaban J connectivity index is 1.59. The zero-order chi connectivity index (χ0) is 19.9. The van der Waals surface area contributed by atoms with Crippen molar-refractivity contribution in [3.8, 4) is 10.7 Å². The number of pyridine rings is 1. The Morgan fingerprint density at radius 1 is 1.21 bits per heavy atom. The third-order valence-corrected chi connectivity index (χ3v) is 5.96. The molecule has 142 valence electrons. The lowest BCUT2D eigenvalue weighted by Crippen LogP contribution is -2.41. The normalized spacial score (nSPS) is 19.2. The number of nitrogens with one attached hydrogen (secondary N) is 1. The summed E-state index contributed by atoms with van der Waals surface area (Å²) in [5.74, 6) is -0.394. The Bertz CT molecular complexity index is 1070. The Kier molecular flexibility index (Phi) is 4.82. The number of nitrogens with zero attached hydrogens (tertiary/aromatic N) is 3. The third kappa shape index (κ3) is 3.26. The SMILES string of the molecule is CC1(c2ccc(Cl)cc2Cl)NC(=O)N(Cc2csc(-c3ccccn3)n2)C1=O. The van der Waals surface area contributed by atoms with Crippen molar-refractivity contribution in [2.75, 3.05) is 0 Å². The molecular formula is C19H14Cl2N4O2S. The van der Waals surface area contributed by atoms with Gasteiger partial charge in [0, 0.05) is 27.2 Å². The number of benzene rings is 1. The van der Waals surface area contributed by atoms with Crippen molar-refractivity contribution < 1.29 is 9.59 Å². The molecule has 3 aromatic rings. The third-order valence-electron chi connectivity index (χ3n) is 4.50. The summed E-state index contributed by atoms with van der Waals surface area (Å²) >= 11 is 13.6. The molecule has 28 heavy (non-hydrogen) atoms. The molecule has 0 bridgehead atoms. The highest BCUT2D eigenvalue weighted by Crippen LogP contribution is 2.35. The number of thiazole rings is 1. The van der Waals surface area contributed by atoms with Crippen molar-refractivity contribution in [2.24, 2.45) is 0 Å². The average molecular weight is 433 g/mol. The number of hydrogen-bond donors (Lipinski definition) is 1. The van der Waals surface area contributed by atoms with E-state index in [1.807, 2.05) is 23.6 Å². The molecule has 0 saturated carbocycles. The lowest BCUT2D eigenvalue weighted by atomic mass is 9.92. The molecule has 3 amide bonds. The minimum Gasteiger partial charge on any atom is -0.319 e. The van der Waals surface area contributed by atoms with Crippen LogP contribution in [0.5, 0.6) is 0 Å². The van der Waals surface area contributed by atoms with Gasteiger partial charge < -0.3 is 5.32 Å². The molecule has 1 aliphatic rings. The fourth-order valence-electron chi connectivity index (χ4n) is 3.07. The van der Waals surface area contributed by atoms with Crippen molar-refractivity contribution in [1.82, 2.24) is 20.2 Å². The molecule has 1 fully saturated rings. The average Bonchev–Trinajstić information content (AvgIpc) is 3.22. The van der Waals surface area contributed by atoms with E-state index in [1.54, 1.807) is 31.3 Å². The highest BCUT2D eigenvalue weighted by Gasteiger charge is 2.50. The zero-order valence-corrected chi connectivity index (χ0v) is 17.0. The first kappa shape index (κ1) is 18.9. The number of carbonyl (C=O) groups is 2. The molecule has 1 aromatic carbocycles. The number of imide groups is 1. The molecule has 1 N–H and O–H groups in total. The first-order chi connectivity index (χ1) is 13.4. The van der Waals surface area contributed by atoms with Gasteiger partial charge >= 0.3 is 6.03 Å².